The summed E-state index contributed by atoms with van der Waals surface area (Å²) < 4.78 is 10.8. The third kappa shape index (κ3) is 6.35. The number of amides is 2. The summed E-state index contributed by atoms with van der Waals surface area (Å²) in [6.07, 6.45) is 1.76. The molecule has 0 aromatic heterocycles. The van der Waals surface area contributed by atoms with Gasteiger partial charge in [0.15, 0.2) is 0 Å². The van der Waals surface area contributed by atoms with Crippen molar-refractivity contribution in [2.75, 3.05) is 23.9 Å². The number of carbonyl (C=O) groups excluding carboxylic acids is 1. The molecule has 19 heavy (non-hydrogen) atoms. The van der Waals surface area contributed by atoms with Crippen LogP contribution in [0.2, 0.25) is 0 Å². The van der Waals surface area contributed by atoms with Crippen LogP contribution in [0.1, 0.15) is 25.0 Å². The maximum absolute atomic E-state index is 11.6. The summed E-state index contributed by atoms with van der Waals surface area (Å²) >= 11 is 0. The molecule has 0 bridgehead atoms. The predicted octanol–water partition coefficient (Wildman–Crippen LogP) is 1.63. The van der Waals surface area contributed by atoms with Crippen LogP contribution < -0.4 is 10.6 Å². The van der Waals surface area contributed by atoms with E-state index in [2.05, 4.69) is 10.6 Å². The molecule has 0 radical (unpaired) electrons. The molecule has 2 amide bonds. The first-order chi connectivity index (χ1) is 8.99. The van der Waals surface area contributed by atoms with Gasteiger partial charge in [0.25, 0.3) is 0 Å². The number of aliphatic hydroxyl groups is 1. The lowest BCUT2D eigenvalue weighted by Crippen LogP contribution is -2.30. The maximum atomic E-state index is 11.6. The van der Waals surface area contributed by atoms with E-state index >= 15 is 0 Å². The van der Waals surface area contributed by atoms with Gasteiger partial charge < -0.3 is 15.7 Å². The fourth-order valence-electron chi connectivity index (χ4n) is 1.53. The summed E-state index contributed by atoms with van der Waals surface area (Å²) in [5.41, 5.74) is 1.38. The van der Waals surface area contributed by atoms with Crippen LogP contribution in [0.15, 0.2) is 24.3 Å². The largest absolute Gasteiger partial charge is 0.389 e. The van der Waals surface area contributed by atoms with E-state index in [1.165, 1.54) is 0 Å². The van der Waals surface area contributed by atoms with Crippen LogP contribution in [0.25, 0.3) is 0 Å². The van der Waals surface area contributed by atoms with Gasteiger partial charge in [-0.15, -0.1) is 0 Å². The molecule has 0 saturated carbocycles. The van der Waals surface area contributed by atoms with Gasteiger partial charge in [-0.05, 0) is 31.0 Å². The van der Waals surface area contributed by atoms with Crippen LogP contribution in [0.5, 0.6) is 0 Å². The van der Waals surface area contributed by atoms with Crippen molar-refractivity contribution in [1.29, 1.82) is 0 Å². The summed E-state index contributed by atoms with van der Waals surface area (Å²) in [6.45, 7) is 2.16. The van der Waals surface area contributed by atoms with Crippen molar-refractivity contribution in [2.45, 2.75) is 19.4 Å². The third-order valence-corrected chi connectivity index (χ3v) is 3.38. The molecule has 0 saturated heterocycles. The number of aliphatic hydroxyl groups excluding tert-OH is 1. The number of anilines is 1. The number of hydrogen-bond donors (Lipinski definition) is 3. The van der Waals surface area contributed by atoms with Crippen LogP contribution in [0.3, 0.4) is 0 Å². The zero-order valence-electron chi connectivity index (χ0n) is 11.2. The Balaban J connectivity index is 2.39. The van der Waals surface area contributed by atoms with Crippen molar-refractivity contribution < 1.29 is 14.1 Å². The maximum Gasteiger partial charge on any atom is 0.319 e. The van der Waals surface area contributed by atoms with Crippen molar-refractivity contribution in [2.24, 2.45) is 0 Å². The number of carbonyl (C=O) groups is 1. The van der Waals surface area contributed by atoms with Crippen LogP contribution in [0, 0.1) is 0 Å². The zero-order chi connectivity index (χ0) is 14.3. The fraction of sp³-hybridized carbons (Fsp3) is 0.462. The Morgan fingerprint density at radius 3 is 2.84 bits per heavy atom. The minimum absolute atomic E-state index is 0.301. The lowest BCUT2D eigenvalue weighted by Gasteiger charge is -2.10. The van der Waals surface area contributed by atoms with Crippen molar-refractivity contribution in [3.8, 4) is 0 Å². The van der Waals surface area contributed by atoms with Gasteiger partial charge >= 0.3 is 6.03 Å². The summed E-state index contributed by atoms with van der Waals surface area (Å²) in [5.74, 6) is 0.581. The number of urea groups is 1. The SMILES string of the molecule is CC(O)c1cccc(NC(=O)NCCCS(C)=O)c1. The lowest BCUT2D eigenvalue weighted by atomic mass is 10.1. The first-order valence-electron chi connectivity index (χ1n) is 6.12. The molecule has 1 aromatic carbocycles. The minimum Gasteiger partial charge on any atom is -0.389 e. The van der Waals surface area contributed by atoms with E-state index in [1.807, 2.05) is 0 Å². The van der Waals surface area contributed by atoms with Crippen LogP contribution in [0.4, 0.5) is 10.5 Å². The number of benzene rings is 1. The molecule has 0 spiro atoms. The number of rotatable bonds is 6. The van der Waals surface area contributed by atoms with E-state index in [9.17, 15) is 14.1 Å². The van der Waals surface area contributed by atoms with Crippen LogP contribution in [-0.4, -0.2) is 33.9 Å². The van der Waals surface area contributed by atoms with Crippen LogP contribution >= 0.6 is 0 Å². The van der Waals surface area contributed by atoms with E-state index in [-0.39, 0.29) is 6.03 Å². The Morgan fingerprint density at radius 2 is 2.21 bits per heavy atom. The summed E-state index contributed by atoms with van der Waals surface area (Å²) in [7, 11) is -0.826. The van der Waals surface area contributed by atoms with Gasteiger partial charge in [-0.2, -0.15) is 0 Å². The first-order valence-corrected chi connectivity index (χ1v) is 7.84. The van der Waals surface area contributed by atoms with Crippen molar-refractivity contribution in [3.05, 3.63) is 29.8 Å². The second-order valence-corrected chi connectivity index (χ2v) is 5.87. The molecule has 2 unspecified atom stereocenters. The molecule has 1 aromatic rings. The Labute approximate surface area is 115 Å². The van der Waals surface area contributed by atoms with E-state index < -0.39 is 16.9 Å². The number of nitrogens with one attached hydrogen (secondary N) is 2. The lowest BCUT2D eigenvalue weighted by molar-refractivity contribution is 0.199. The van der Waals surface area contributed by atoms with Crippen molar-refractivity contribution in [1.82, 2.24) is 5.32 Å². The third-order valence-electron chi connectivity index (χ3n) is 2.52. The molecule has 0 heterocycles. The molecule has 106 valence electrons. The molecule has 0 fully saturated rings. The van der Waals surface area contributed by atoms with Crippen molar-refractivity contribution in [3.63, 3.8) is 0 Å². The highest BCUT2D eigenvalue weighted by atomic mass is 32.2. The Kier molecular flexibility index (Phi) is 6.52. The normalized spacial score (nSPS) is 13.6. The second kappa shape index (κ2) is 7.91. The van der Waals surface area contributed by atoms with Gasteiger partial charge in [-0.25, -0.2) is 4.79 Å². The standard InChI is InChI=1S/C13H20N2O3S/c1-10(16)11-5-3-6-12(9-11)15-13(17)14-7-4-8-19(2)18/h3,5-6,9-10,16H,4,7-8H2,1-2H3,(H2,14,15,17). The average Bonchev–Trinajstić information content (AvgIpc) is 2.34. The smallest absolute Gasteiger partial charge is 0.319 e. The molecule has 1 rings (SSSR count). The molecule has 0 aliphatic carbocycles. The summed E-state index contributed by atoms with van der Waals surface area (Å²) in [6, 6.07) is 6.75. The van der Waals surface area contributed by atoms with Gasteiger partial charge in [0.05, 0.1) is 6.10 Å². The fourth-order valence-corrected chi connectivity index (χ4v) is 2.08. The highest BCUT2D eigenvalue weighted by Gasteiger charge is 2.04. The Bertz CT molecular complexity index is 449. The van der Waals surface area contributed by atoms with Gasteiger partial charge in [0, 0.05) is 35.0 Å². The van der Waals surface area contributed by atoms with Gasteiger partial charge in [-0.1, -0.05) is 12.1 Å². The van der Waals surface area contributed by atoms with Gasteiger partial charge in [0.2, 0.25) is 0 Å². The minimum atomic E-state index is -0.826. The molecule has 0 aliphatic heterocycles. The van der Waals surface area contributed by atoms with Gasteiger partial charge in [0.1, 0.15) is 0 Å². The highest BCUT2D eigenvalue weighted by molar-refractivity contribution is 7.84. The monoisotopic (exact) mass is 284 g/mol. The summed E-state index contributed by atoms with van der Waals surface area (Å²) in [5, 5.41) is 14.8. The molecule has 0 aliphatic rings. The molecule has 5 nitrogen and oxygen atoms in total. The van der Waals surface area contributed by atoms with E-state index in [0.717, 1.165) is 5.56 Å². The van der Waals surface area contributed by atoms with Crippen LogP contribution in [-0.2, 0) is 10.8 Å². The van der Waals surface area contributed by atoms with E-state index in [4.69, 9.17) is 0 Å². The number of hydrogen-bond acceptors (Lipinski definition) is 3. The average molecular weight is 284 g/mol. The molecule has 2 atom stereocenters. The van der Waals surface area contributed by atoms with E-state index in [0.29, 0.717) is 24.4 Å². The Morgan fingerprint density at radius 1 is 1.47 bits per heavy atom. The topological polar surface area (TPSA) is 78.4 Å². The predicted molar refractivity (Wildman–Crippen MR) is 77.6 cm³/mol. The van der Waals surface area contributed by atoms with Crippen molar-refractivity contribution >= 4 is 22.5 Å². The highest BCUT2D eigenvalue weighted by Crippen LogP contribution is 2.16. The second-order valence-electron chi connectivity index (χ2n) is 4.31. The molecule has 3 N–H and O–H groups in total. The zero-order valence-corrected chi connectivity index (χ0v) is 12.0. The van der Waals surface area contributed by atoms with E-state index in [1.54, 1.807) is 37.4 Å². The molecular weight excluding hydrogens is 264 g/mol. The first kappa shape index (κ1) is 15.7. The van der Waals surface area contributed by atoms with Gasteiger partial charge in [-0.3, -0.25) is 4.21 Å². The summed E-state index contributed by atoms with van der Waals surface area (Å²) in [4.78, 5) is 11.6. The quantitative estimate of drug-likeness (QED) is 0.695. The molecule has 6 heteroatoms. The molecular formula is C13H20N2O3S. The Hall–Kier alpha value is -1.40.